The number of carbonyl (C=O) groups is 1. The molecule has 0 fully saturated rings. The normalized spacial score (nSPS) is 12.0. The van der Waals surface area contributed by atoms with Crippen LogP contribution in [0.4, 0.5) is 0 Å². The molecule has 1 N–H and O–H groups in total. The molecule has 0 saturated heterocycles. The number of rotatable bonds is 6. The van der Waals surface area contributed by atoms with Crippen molar-refractivity contribution in [2.45, 2.75) is 32.8 Å². The lowest BCUT2D eigenvalue weighted by Crippen LogP contribution is -2.24. The van der Waals surface area contributed by atoms with Gasteiger partial charge in [-0.3, -0.25) is 4.79 Å². The second-order valence-electron chi connectivity index (χ2n) is 4.07. The van der Waals surface area contributed by atoms with E-state index in [1.54, 1.807) is 12.2 Å². The topological polar surface area (TPSA) is 55.8 Å². The monoisotopic (exact) mass is 216 g/mol. The first kappa shape index (κ1) is 14.1. The van der Waals surface area contributed by atoms with Crippen LogP contribution >= 0.6 is 0 Å². The van der Waals surface area contributed by atoms with Crippen LogP contribution < -0.4 is 0 Å². The molecule has 0 aromatic heterocycles. The van der Waals surface area contributed by atoms with Crippen LogP contribution in [0.25, 0.3) is 0 Å². The summed E-state index contributed by atoms with van der Waals surface area (Å²) in [7, 11) is 0. The zero-order valence-electron chi connectivity index (χ0n) is 9.66. The van der Waals surface area contributed by atoms with Gasteiger partial charge in [0.1, 0.15) is 5.60 Å². The van der Waals surface area contributed by atoms with Crippen molar-refractivity contribution < 1.29 is 19.4 Å². The van der Waals surface area contributed by atoms with Gasteiger partial charge in [-0.15, -0.1) is 0 Å². The molecule has 0 atom stereocenters. The highest BCUT2D eigenvalue weighted by Crippen LogP contribution is 2.07. The first-order valence-corrected chi connectivity index (χ1v) is 5.01. The van der Waals surface area contributed by atoms with Gasteiger partial charge in [0.2, 0.25) is 0 Å². The zero-order chi connectivity index (χ0) is 11.7. The largest absolute Gasteiger partial charge is 0.460 e. The van der Waals surface area contributed by atoms with Crippen LogP contribution in [0.15, 0.2) is 12.2 Å². The molecule has 0 aromatic carbocycles. The van der Waals surface area contributed by atoms with E-state index >= 15 is 0 Å². The quantitative estimate of drug-likeness (QED) is 0.413. The molecule has 88 valence electrons. The maximum absolute atomic E-state index is 11.2. The number of hydrogen-bond acceptors (Lipinski definition) is 4. The van der Waals surface area contributed by atoms with E-state index in [-0.39, 0.29) is 19.0 Å². The summed E-state index contributed by atoms with van der Waals surface area (Å²) >= 11 is 0. The van der Waals surface area contributed by atoms with Crippen molar-refractivity contribution in [3.8, 4) is 0 Å². The van der Waals surface area contributed by atoms with Crippen LogP contribution in [0.1, 0.15) is 27.2 Å². The van der Waals surface area contributed by atoms with Gasteiger partial charge in [0, 0.05) is 0 Å². The van der Waals surface area contributed by atoms with Gasteiger partial charge in [0.25, 0.3) is 0 Å². The molecule has 0 amide bonds. The van der Waals surface area contributed by atoms with E-state index in [0.717, 1.165) is 0 Å². The molecule has 0 aliphatic carbocycles. The first-order valence-electron chi connectivity index (χ1n) is 5.01. The maximum Gasteiger partial charge on any atom is 0.308 e. The Labute approximate surface area is 90.9 Å². The van der Waals surface area contributed by atoms with Gasteiger partial charge in [0.15, 0.2) is 0 Å². The summed E-state index contributed by atoms with van der Waals surface area (Å²) in [5.41, 5.74) is -0.437. The Morgan fingerprint density at radius 3 is 2.53 bits per heavy atom. The van der Waals surface area contributed by atoms with Crippen molar-refractivity contribution in [2.24, 2.45) is 0 Å². The van der Waals surface area contributed by atoms with Gasteiger partial charge in [-0.2, -0.15) is 0 Å². The minimum Gasteiger partial charge on any atom is -0.460 e. The van der Waals surface area contributed by atoms with E-state index in [0.29, 0.717) is 13.2 Å². The SMILES string of the molecule is CC(C)(C)OC(=O)CCOC/C=C\CO. The molecular weight excluding hydrogens is 196 g/mol. The molecule has 0 bridgehead atoms. The summed E-state index contributed by atoms with van der Waals surface area (Å²) in [4.78, 5) is 11.2. The van der Waals surface area contributed by atoms with Gasteiger partial charge in [-0.25, -0.2) is 0 Å². The Morgan fingerprint density at radius 1 is 1.33 bits per heavy atom. The van der Waals surface area contributed by atoms with E-state index in [1.165, 1.54) is 0 Å². The molecule has 0 aliphatic heterocycles. The Bertz CT molecular complexity index is 203. The van der Waals surface area contributed by atoms with Crippen molar-refractivity contribution >= 4 is 5.97 Å². The Balaban J connectivity index is 3.44. The summed E-state index contributed by atoms with van der Waals surface area (Å²) in [6.07, 6.45) is 3.55. The van der Waals surface area contributed by atoms with E-state index in [2.05, 4.69) is 0 Å². The van der Waals surface area contributed by atoms with Crippen LogP contribution in [0.2, 0.25) is 0 Å². The Kier molecular flexibility index (Phi) is 6.99. The highest BCUT2D eigenvalue weighted by molar-refractivity contribution is 5.69. The summed E-state index contributed by atoms with van der Waals surface area (Å²) in [6.45, 7) is 6.24. The lowest BCUT2D eigenvalue weighted by molar-refractivity contribution is -0.155. The number of carbonyl (C=O) groups excluding carboxylic acids is 1. The third-order valence-electron chi connectivity index (χ3n) is 1.36. The van der Waals surface area contributed by atoms with Crippen molar-refractivity contribution in [1.82, 2.24) is 0 Å². The van der Waals surface area contributed by atoms with E-state index in [1.807, 2.05) is 20.8 Å². The number of aliphatic hydroxyl groups excluding tert-OH is 1. The standard InChI is InChI=1S/C11H20O4/c1-11(2,3)15-10(13)6-9-14-8-5-4-7-12/h4-5,12H,6-9H2,1-3H3/b5-4-. The molecular formula is C11H20O4. The fraction of sp³-hybridized carbons (Fsp3) is 0.727. The van der Waals surface area contributed by atoms with Crippen LogP contribution in [0.5, 0.6) is 0 Å². The molecule has 0 radical (unpaired) electrons. The minimum absolute atomic E-state index is 0.00935. The number of aliphatic hydroxyl groups is 1. The molecule has 0 aliphatic rings. The first-order chi connectivity index (χ1) is 6.95. The number of hydrogen-bond donors (Lipinski definition) is 1. The summed E-state index contributed by atoms with van der Waals surface area (Å²) in [5.74, 6) is -0.256. The van der Waals surface area contributed by atoms with Crippen LogP contribution in [-0.4, -0.2) is 36.5 Å². The van der Waals surface area contributed by atoms with E-state index in [9.17, 15) is 4.79 Å². The maximum atomic E-state index is 11.2. The van der Waals surface area contributed by atoms with Gasteiger partial charge >= 0.3 is 5.97 Å². The third-order valence-corrected chi connectivity index (χ3v) is 1.36. The summed E-state index contributed by atoms with van der Waals surface area (Å²) < 4.78 is 10.2. The smallest absolute Gasteiger partial charge is 0.308 e. The minimum atomic E-state index is -0.437. The van der Waals surface area contributed by atoms with Gasteiger partial charge in [-0.1, -0.05) is 12.2 Å². The lowest BCUT2D eigenvalue weighted by Gasteiger charge is -2.19. The summed E-state index contributed by atoms with van der Waals surface area (Å²) in [6, 6.07) is 0. The van der Waals surface area contributed by atoms with Crippen LogP contribution in [0, 0.1) is 0 Å². The average molecular weight is 216 g/mol. The molecule has 15 heavy (non-hydrogen) atoms. The second kappa shape index (κ2) is 7.43. The molecule has 4 nitrogen and oxygen atoms in total. The lowest BCUT2D eigenvalue weighted by atomic mass is 10.2. The Hall–Kier alpha value is -0.870. The summed E-state index contributed by atoms with van der Waals surface area (Å²) in [5, 5.41) is 8.42. The average Bonchev–Trinajstić information content (AvgIpc) is 2.08. The highest BCUT2D eigenvalue weighted by atomic mass is 16.6. The predicted molar refractivity (Wildman–Crippen MR) is 57.5 cm³/mol. The van der Waals surface area contributed by atoms with Gasteiger partial charge < -0.3 is 14.6 Å². The Morgan fingerprint density at radius 2 is 2.00 bits per heavy atom. The molecule has 0 unspecified atom stereocenters. The zero-order valence-corrected chi connectivity index (χ0v) is 9.66. The fourth-order valence-corrected chi connectivity index (χ4v) is 0.842. The van der Waals surface area contributed by atoms with Crippen molar-refractivity contribution in [1.29, 1.82) is 0 Å². The van der Waals surface area contributed by atoms with E-state index in [4.69, 9.17) is 14.6 Å². The van der Waals surface area contributed by atoms with Crippen molar-refractivity contribution in [2.75, 3.05) is 19.8 Å². The third kappa shape index (κ3) is 11.1. The molecule has 0 spiro atoms. The van der Waals surface area contributed by atoms with Crippen LogP contribution in [-0.2, 0) is 14.3 Å². The second-order valence-corrected chi connectivity index (χ2v) is 4.07. The number of ether oxygens (including phenoxy) is 2. The molecule has 0 saturated carbocycles. The van der Waals surface area contributed by atoms with Crippen molar-refractivity contribution in [3.63, 3.8) is 0 Å². The fourth-order valence-electron chi connectivity index (χ4n) is 0.842. The van der Waals surface area contributed by atoms with Gasteiger partial charge in [0.05, 0.1) is 26.2 Å². The van der Waals surface area contributed by atoms with Gasteiger partial charge in [-0.05, 0) is 20.8 Å². The molecule has 4 heteroatoms. The van der Waals surface area contributed by atoms with E-state index < -0.39 is 5.60 Å². The van der Waals surface area contributed by atoms with Crippen LogP contribution in [0.3, 0.4) is 0 Å². The molecule has 0 rings (SSSR count). The van der Waals surface area contributed by atoms with Crippen molar-refractivity contribution in [3.05, 3.63) is 12.2 Å². The highest BCUT2D eigenvalue weighted by Gasteiger charge is 2.15. The molecule has 0 aromatic rings. The predicted octanol–water partition coefficient (Wildman–Crippen LogP) is 1.28. The number of esters is 1. The molecule has 0 heterocycles.